The van der Waals surface area contributed by atoms with Crippen LogP contribution in [0.15, 0.2) is 18.2 Å². The summed E-state index contributed by atoms with van der Waals surface area (Å²) in [6, 6.07) is 3.63. The number of carbonyl (C=O) groups excluding carboxylic acids is 1. The first kappa shape index (κ1) is 12.1. The predicted octanol–water partition coefficient (Wildman–Crippen LogP) is 2.15. The summed E-state index contributed by atoms with van der Waals surface area (Å²) in [5.41, 5.74) is -0.111. The molecule has 0 spiro atoms. The highest BCUT2D eigenvalue weighted by Gasteiger charge is 2.14. The molecule has 0 radical (unpaired) electrons. The lowest BCUT2D eigenvalue weighted by atomic mass is 10.1. The molecule has 0 aromatic heterocycles. The number of hydrogen-bond donors (Lipinski definition) is 0. The topological polar surface area (TPSA) is 69.4 Å². The van der Waals surface area contributed by atoms with Crippen molar-refractivity contribution < 1.29 is 18.8 Å². The zero-order valence-electron chi connectivity index (χ0n) is 8.60. The molecule has 0 aliphatic rings. The molecule has 0 saturated heterocycles. The normalized spacial score (nSPS) is 9.88. The number of rotatable bonds is 5. The summed E-state index contributed by atoms with van der Waals surface area (Å²) in [6.07, 6.45) is 0. The van der Waals surface area contributed by atoms with Crippen molar-refractivity contribution in [3.63, 3.8) is 0 Å². The number of ether oxygens (including phenoxy) is 1. The van der Waals surface area contributed by atoms with E-state index in [2.05, 4.69) is 0 Å². The maximum atomic E-state index is 11.9. The number of nitro benzene ring substituents is 1. The van der Waals surface area contributed by atoms with Gasteiger partial charge in [0.2, 0.25) is 0 Å². The Labute approximate surface area is 91.0 Å². The Balaban J connectivity index is 3.09. The Hall–Kier alpha value is -1.98. The lowest BCUT2D eigenvalue weighted by Crippen LogP contribution is -2.04. The van der Waals surface area contributed by atoms with E-state index in [-0.39, 0.29) is 29.4 Å². The average molecular weight is 227 g/mol. The summed E-state index contributed by atoms with van der Waals surface area (Å²) in [7, 11) is 0. The van der Waals surface area contributed by atoms with Crippen molar-refractivity contribution in [1.29, 1.82) is 0 Å². The van der Waals surface area contributed by atoms with Crippen molar-refractivity contribution >= 4 is 11.5 Å². The van der Waals surface area contributed by atoms with Gasteiger partial charge in [-0.2, -0.15) is 0 Å². The first-order chi connectivity index (χ1) is 7.56. The molecule has 5 nitrogen and oxygen atoms in total. The van der Waals surface area contributed by atoms with Gasteiger partial charge in [0.05, 0.1) is 10.5 Å². The Morgan fingerprint density at radius 1 is 1.56 bits per heavy atom. The number of nitrogens with zero attached hydrogens (tertiary/aromatic N) is 1. The fraction of sp³-hybridized carbons (Fsp3) is 0.300. The number of halogens is 1. The molecule has 0 bridgehead atoms. The van der Waals surface area contributed by atoms with Crippen LogP contribution >= 0.6 is 0 Å². The molecule has 0 saturated carbocycles. The van der Waals surface area contributed by atoms with Crippen LogP contribution in [-0.2, 0) is 0 Å². The Kier molecular flexibility index (Phi) is 3.93. The quantitative estimate of drug-likeness (QED) is 0.439. The minimum absolute atomic E-state index is 0.0858. The largest absolute Gasteiger partial charge is 0.490 e. The smallest absolute Gasteiger partial charge is 0.270 e. The van der Waals surface area contributed by atoms with E-state index in [4.69, 9.17) is 4.74 Å². The fourth-order valence-corrected chi connectivity index (χ4v) is 1.18. The first-order valence-corrected chi connectivity index (χ1v) is 4.54. The van der Waals surface area contributed by atoms with Crippen LogP contribution in [0.1, 0.15) is 17.3 Å². The highest BCUT2D eigenvalue weighted by molar-refractivity contribution is 5.97. The van der Waals surface area contributed by atoms with E-state index in [1.807, 2.05) is 0 Å². The SMILES string of the molecule is CC(=O)c1cc([N+](=O)[O-])ccc1OCCF. The minimum atomic E-state index is -0.686. The van der Waals surface area contributed by atoms with Crippen LogP contribution in [0.2, 0.25) is 0 Å². The third kappa shape index (κ3) is 2.75. The Morgan fingerprint density at radius 2 is 2.25 bits per heavy atom. The Bertz CT molecular complexity index is 419. The molecule has 6 heteroatoms. The number of carbonyl (C=O) groups is 1. The van der Waals surface area contributed by atoms with Crippen LogP contribution in [0.5, 0.6) is 5.75 Å². The highest BCUT2D eigenvalue weighted by atomic mass is 19.1. The number of nitro groups is 1. The fourth-order valence-electron chi connectivity index (χ4n) is 1.18. The van der Waals surface area contributed by atoms with E-state index < -0.39 is 11.6 Å². The van der Waals surface area contributed by atoms with Crippen molar-refractivity contribution in [1.82, 2.24) is 0 Å². The molecule has 0 atom stereocenters. The van der Waals surface area contributed by atoms with Crippen LogP contribution < -0.4 is 4.74 Å². The van der Waals surface area contributed by atoms with Gasteiger partial charge in [-0.05, 0) is 13.0 Å². The standard InChI is InChI=1S/C10H10FNO4/c1-7(13)9-6-8(12(14)15)2-3-10(9)16-5-4-11/h2-3,6H,4-5H2,1H3. The highest BCUT2D eigenvalue weighted by Crippen LogP contribution is 2.24. The molecule has 1 aromatic rings. The minimum Gasteiger partial charge on any atom is -0.490 e. The molecular weight excluding hydrogens is 217 g/mol. The number of ketones is 1. The molecule has 1 aromatic carbocycles. The van der Waals surface area contributed by atoms with E-state index in [0.717, 1.165) is 6.07 Å². The molecule has 0 N–H and O–H groups in total. The maximum absolute atomic E-state index is 11.9. The zero-order chi connectivity index (χ0) is 12.1. The van der Waals surface area contributed by atoms with Gasteiger partial charge in [-0.1, -0.05) is 0 Å². The van der Waals surface area contributed by atoms with Crippen LogP contribution in [0.25, 0.3) is 0 Å². The van der Waals surface area contributed by atoms with E-state index >= 15 is 0 Å². The second kappa shape index (κ2) is 5.20. The summed E-state index contributed by atoms with van der Waals surface area (Å²) < 4.78 is 16.9. The number of benzene rings is 1. The maximum Gasteiger partial charge on any atom is 0.270 e. The van der Waals surface area contributed by atoms with Crippen LogP contribution in [0, 0.1) is 10.1 Å². The zero-order valence-corrected chi connectivity index (χ0v) is 8.60. The van der Waals surface area contributed by atoms with Gasteiger partial charge in [-0.25, -0.2) is 4.39 Å². The van der Waals surface area contributed by atoms with E-state index in [1.54, 1.807) is 0 Å². The Morgan fingerprint density at radius 3 is 2.75 bits per heavy atom. The second-order valence-corrected chi connectivity index (χ2v) is 3.03. The predicted molar refractivity (Wildman–Crippen MR) is 54.6 cm³/mol. The number of alkyl halides is 1. The third-order valence-electron chi connectivity index (χ3n) is 1.89. The molecule has 1 rings (SSSR count). The van der Waals surface area contributed by atoms with Gasteiger partial charge in [0.15, 0.2) is 5.78 Å². The lowest BCUT2D eigenvalue weighted by Gasteiger charge is -2.07. The molecule has 0 amide bonds. The molecule has 0 aliphatic heterocycles. The van der Waals surface area contributed by atoms with Crippen molar-refractivity contribution in [3.8, 4) is 5.75 Å². The molecule has 0 fully saturated rings. The second-order valence-electron chi connectivity index (χ2n) is 3.03. The van der Waals surface area contributed by atoms with Crippen molar-refractivity contribution in [3.05, 3.63) is 33.9 Å². The molecule has 0 aliphatic carbocycles. The summed E-state index contributed by atoms with van der Waals surface area (Å²) in [4.78, 5) is 21.1. The van der Waals surface area contributed by atoms with Gasteiger partial charge < -0.3 is 4.74 Å². The molecule has 0 heterocycles. The summed E-state index contributed by atoms with van der Waals surface area (Å²) in [5.74, 6) is -0.201. The van der Waals surface area contributed by atoms with Gasteiger partial charge in [0.1, 0.15) is 19.0 Å². The van der Waals surface area contributed by atoms with Gasteiger partial charge in [-0.15, -0.1) is 0 Å². The number of Topliss-reactive ketones (excluding diaryl/α,β-unsaturated/α-hetero) is 1. The van der Waals surface area contributed by atoms with E-state index in [9.17, 15) is 19.3 Å². The van der Waals surface area contributed by atoms with Crippen molar-refractivity contribution in [2.45, 2.75) is 6.92 Å². The lowest BCUT2D eigenvalue weighted by molar-refractivity contribution is -0.384. The van der Waals surface area contributed by atoms with Gasteiger partial charge >= 0.3 is 0 Å². The molecular formula is C10H10FNO4. The first-order valence-electron chi connectivity index (χ1n) is 4.54. The van der Waals surface area contributed by atoms with Crippen molar-refractivity contribution in [2.24, 2.45) is 0 Å². The molecule has 0 unspecified atom stereocenters. The van der Waals surface area contributed by atoms with Gasteiger partial charge in [-0.3, -0.25) is 14.9 Å². The summed E-state index contributed by atoms with van der Waals surface area (Å²) >= 11 is 0. The van der Waals surface area contributed by atoms with Gasteiger partial charge in [0.25, 0.3) is 5.69 Å². The van der Waals surface area contributed by atoms with E-state index in [1.165, 1.54) is 19.1 Å². The van der Waals surface area contributed by atoms with Crippen molar-refractivity contribution in [2.75, 3.05) is 13.3 Å². The summed E-state index contributed by atoms with van der Waals surface area (Å²) in [5, 5.41) is 10.5. The van der Waals surface area contributed by atoms with E-state index in [0.29, 0.717) is 0 Å². The van der Waals surface area contributed by atoms with Gasteiger partial charge in [0, 0.05) is 12.1 Å². The van der Waals surface area contributed by atoms with Crippen LogP contribution in [-0.4, -0.2) is 24.0 Å². The molecule has 16 heavy (non-hydrogen) atoms. The number of hydrogen-bond acceptors (Lipinski definition) is 4. The monoisotopic (exact) mass is 227 g/mol. The number of non-ortho nitro benzene ring substituents is 1. The average Bonchev–Trinajstić information content (AvgIpc) is 2.25. The van der Waals surface area contributed by atoms with Crippen LogP contribution in [0.3, 0.4) is 0 Å². The summed E-state index contributed by atoms with van der Waals surface area (Å²) in [6.45, 7) is 0.397. The third-order valence-corrected chi connectivity index (χ3v) is 1.89. The molecule has 86 valence electrons. The van der Waals surface area contributed by atoms with Crippen LogP contribution in [0.4, 0.5) is 10.1 Å².